The third-order valence-electron chi connectivity index (χ3n) is 4.78. The zero-order valence-corrected chi connectivity index (χ0v) is 15.0. The number of anilines is 1. The van der Waals surface area contributed by atoms with Crippen LogP contribution in [0.2, 0.25) is 0 Å². The van der Waals surface area contributed by atoms with Gasteiger partial charge in [0.2, 0.25) is 0 Å². The fourth-order valence-electron chi connectivity index (χ4n) is 3.52. The van der Waals surface area contributed by atoms with Crippen molar-refractivity contribution in [1.82, 2.24) is 0 Å². The van der Waals surface area contributed by atoms with E-state index in [4.69, 9.17) is 5.73 Å². The number of fused-ring (bicyclic) bond motifs is 1. The number of allylic oxidation sites excluding steroid dienone is 3. The average Bonchev–Trinajstić information content (AvgIpc) is 2.64. The van der Waals surface area contributed by atoms with Crippen molar-refractivity contribution < 1.29 is 4.79 Å². The molecular weight excluding hydrogens is 296 g/mol. The number of carbonyl (C=O) groups is 1. The number of amides is 1. The van der Waals surface area contributed by atoms with E-state index in [0.717, 1.165) is 24.1 Å². The number of hydrogen-bond acceptors (Lipinski definition) is 2. The van der Waals surface area contributed by atoms with Gasteiger partial charge in [-0.05, 0) is 37.0 Å². The molecule has 24 heavy (non-hydrogen) atoms. The number of benzene rings is 1. The maximum absolute atomic E-state index is 13.2. The topological polar surface area (TPSA) is 46.3 Å². The average molecular weight is 324 g/mol. The summed E-state index contributed by atoms with van der Waals surface area (Å²) >= 11 is 0. The summed E-state index contributed by atoms with van der Waals surface area (Å²) in [5.74, 6) is 0.00366. The Bertz CT molecular complexity index is 683. The third-order valence-corrected chi connectivity index (χ3v) is 4.78. The Morgan fingerprint density at radius 1 is 1.29 bits per heavy atom. The molecule has 2 N–H and O–H groups in total. The number of rotatable bonds is 6. The monoisotopic (exact) mass is 324 g/mol. The lowest BCUT2D eigenvalue weighted by molar-refractivity contribution is -0.114. The molecule has 0 spiro atoms. The van der Waals surface area contributed by atoms with Crippen molar-refractivity contribution in [3.8, 4) is 0 Å². The first-order valence-electron chi connectivity index (χ1n) is 8.57. The molecule has 3 heteroatoms. The highest BCUT2D eigenvalue weighted by atomic mass is 16.2. The molecule has 1 aliphatic rings. The van der Waals surface area contributed by atoms with E-state index in [2.05, 4.69) is 32.6 Å². The van der Waals surface area contributed by atoms with Gasteiger partial charge < -0.3 is 10.6 Å². The van der Waals surface area contributed by atoms with Gasteiger partial charge in [0.05, 0.1) is 0 Å². The Labute approximate surface area is 145 Å². The molecule has 0 bridgehead atoms. The van der Waals surface area contributed by atoms with E-state index in [1.54, 1.807) is 11.0 Å². The minimum absolute atomic E-state index is 0.00366. The van der Waals surface area contributed by atoms with E-state index in [-0.39, 0.29) is 11.3 Å². The summed E-state index contributed by atoms with van der Waals surface area (Å²) in [5.41, 5.74) is 9.52. The largest absolute Gasteiger partial charge is 0.329 e. The molecule has 128 valence electrons. The predicted molar refractivity (Wildman–Crippen MR) is 102 cm³/mol. The summed E-state index contributed by atoms with van der Waals surface area (Å²) in [6.45, 7) is 11.3. The van der Waals surface area contributed by atoms with E-state index in [9.17, 15) is 4.79 Å². The molecule has 0 radical (unpaired) electrons. The summed E-state index contributed by atoms with van der Waals surface area (Å²) in [4.78, 5) is 15.0. The highest BCUT2D eigenvalue weighted by Gasteiger charge is 2.37. The first kappa shape index (κ1) is 18.2. The maximum atomic E-state index is 13.2. The lowest BCUT2D eigenvalue weighted by atomic mass is 9.74. The Morgan fingerprint density at radius 3 is 2.62 bits per heavy atom. The molecule has 3 nitrogen and oxygen atoms in total. The van der Waals surface area contributed by atoms with Crippen molar-refractivity contribution in [3.05, 3.63) is 65.8 Å². The highest BCUT2D eigenvalue weighted by molar-refractivity contribution is 6.09. The molecule has 1 aromatic carbocycles. The van der Waals surface area contributed by atoms with Crippen LogP contribution in [0.3, 0.4) is 0 Å². The van der Waals surface area contributed by atoms with Gasteiger partial charge in [-0.3, -0.25) is 4.79 Å². The Kier molecular flexibility index (Phi) is 5.79. The SMILES string of the molecule is C=CC1=C(CC/C=C\C)C(C)(C)c2ccccc2N(CCN)C1=O. The number of hydrogen-bond donors (Lipinski definition) is 1. The van der Waals surface area contributed by atoms with Gasteiger partial charge in [-0.2, -0.15) is 0 Å². The van der Waals surface area contributed by atoms with E-state index < -0.39 is 0 Å². The molecule has 0 saturated heterocycles. The van der Waals surface area contributed by atoms with Crippen LogP contribution in [0.25, 0.3) is 0 Å². The van der Waals surface area contributed by atoms with Crippen LogP contribution in [0.5, 0.6) is 0 Å². The van der Waals surface area contributed by atoms with Crippen LogP contribution in [0.1, 0.15) is 39.2 Å². The second-order valence-corrected chi connectivity index (χ2v) is 6.59. The first-order valence-corrected chi connectivity index (χ1v) is 8.57. The number of nitrogens with two attached hydrogens (primary N) is 1. The molecule has 0 saturated carbocycles. The van der Waals surface area contributed by atoms with Crippen molar-refractivity contribution in [2.24, 2.45) is 5.73 Å². The van der Waals surface area contributed by atoms with Crippen molar-refractivity contribution in [2.75, 3.05) is 18.0 Å². The van der Waals surface area contributed by atoms with Gasteiger partial charge in [0.25, 0.3) is 5.91 Å². The van der Waals surface area contributed by atoms with Gasteiger partial charge in [0.1, 0.15) is 0 Å². The predicted octanol–water partition coefficient (Wildman–Crippen LogP) is 4.11. The molecule has 0 aliphatic carbocycles. The molecule has 1 amide bonds. The molecule has 0 atom stereocenters. The van der Waals surface area contributed by atoms with E-state index in [0.29, 0.717) is 18.7 Å². The molecule has 1 heterocycles. The van der Waals surface area contributed by atoms with Crippen molar-refractivity contribution in [1.29, 1.82) is 0 Å². The van der Waals surface area contributed by atoms with Gasteiger partial charge in [-0.1, -0.05) is 56.9 Å². The Morgan fingerprint density at radius 2 is 2.00 bits per heavy atom. The van der Waals surface area contributed by atoms with Crippen molar-refractivity contribution in [3.63, 3.8) is 0 Å². The highest BCUT2D eigenvalue weighted by Crippen LogP contribution is 2.44. The lowest BCUT2D eigenvalue weighted by Gasteiger charge is -2.30. The van der Waals surface area contributed by atoms with Crippen molar-refractivity contribution in [2.45, 2.75) is 39.0 Å². The smallest absolute Gasteiger partial charge is 0.258 e. The van der Waals surface area contributed by atoms with Gasteiger partial charge in [-0.15, -0.1) is 0 Å². The summed E-state index contributed by atoms with van der Waals surface area (Å²) in [6, 6.07) is 8.15. The summed E-state index contributed by atoms with van der Waals surface area (Å²) in [7, 11) is 0. The lowest BCUT2D eigenvalue weighted by Crippen LogP contribution is -2.36. The van der Waals surface area contributed by atoms with Crippen LogP contribution < -0.4 is 10.6 Å². The van der Waals surface area contributed by atoms with E-state index in [1.807, 2.05) is 31.2 Å². The number of carbonyl (C=O) groups excluding carboxylic acids is 1. The third kappa shape index (κ3) is 3.22. The summed E-state index contributed by atoms with van der Waals surface area (Å²) in [6.07, 6.45) is 7.66. The van der Waals surface area contributed by atoms with Crippen LogP contribution in [0, 0.1) is 0 Å². The molecule has 1 aliphatic heterocycles. The van der Waals surface area contributed by atoms with Gasteiger partial charge in [-0.25, -0.2) is 0 Å². The minimum atomic E-state index is -0.235. The summed E-state index contributed by atoms with van der Waals surface area (Å²) < 4.78 is 0. The zero-order chi connectivity index (χ0) is 17.7. The van der Waals surface area contributed by atoms with Crippen LogP contribution in [-0.2, 0) is 10.2 Å². The van der Waals surface area contributed by atoms with Crippen LogP contribution in [0.4, 0.5) is 5.69 Å². The molecule has 0 unspecified atom stereocenters. The fraction of sp³-hybridized carbons (Fsp3) is 0.381. The van der Waals surface area contributed by atoms with Gasteiger partial charge in [0.15, 0.2) is 0 Å². The number of para-hydroxylation sites is 1. The van der Waals surface area contributed by atoms with Gasteiger partial charge >= 0.3 is 0 Å². The molecule has 2 rings (SSSR count). The van der Waals surface area contributed by atoms with Crippen LogP contribution in [-0.4, -0.2) is 19.0 Å². The zero-order valence-electron chi connectivity index (χ0n) is 15.0. The molecule has 0 aromatic heterocycles. The Balaban J connectivity index is 2.68. The van der Waals surface area contributed by atoms with E-state index >= 15 is 0 Å². The fourth-order valence-corrected chi connectivity index (χ4v) is 3.52. The molecular formula is C21H28N2O. The minimum Gasteiger partial charge on any atom is -0.329 e. The molecule has 1 aromatic rings. The van der Waals surface area contributed by atoms with Crippen LogP contribution >= 0.6 is 0 Å². The Hall–Kier alpha value is -2.13. The second kappa shape index (κ2) is 7.63. The summed E-state index contributed by atoms with van der Waals surface area (Å²) in [5, 5.41) is 0. The van der Waals surface area contributed by atoms with Crippen LogP contribution in [0.15, 0.2) is 60.2 Å². The molecule has 0 fully saturated rings. The van der Waals surface area contributed by atoms with Gasteiger partial charge in [0, 0.05) is 29.8 Å². The number of nitrogens with zero attached hydrogens (tertiary/aromatic N) is 1. The second-order valence-electron chi connectivity index (χ2n) is 6.59. The maximum Gasteiger partial charge on any atom is 0.258 e. The standard InChI is InChI=1S/C21H28N2O/c1-5-7-8-11-17-16(6-2)20(24)23(15-14-22)19-13-10-9-12-18(19)21(17,3)4/h5-7,9-10,12-13H,2,8,11,14-15,22H2,1,3-4H3/b7-5-. The van der Waals surface area contributed by atoms with Crippen molar-refractivity contribution >= 4 is 11.6 Å². The quantitative estimate of drug-likeness (QED) is 0.801. The first-order chi connectivity index (χ1) is 11.5. The van der Waals surface area contributed by atoms with E-state index in [1.165, 1.54) is 5.56 Å². The normalized spacial score (nSPS) is 17.2.